The largest absolute Gasteiger partial charge is 0.497 e. The number of hydrogen-bond acceptors (Lipinski definition) is 4. The summed E-state index contributed by atoms with van der Waals surface area (Å²) >= 11 is 5.54. The average molecular weight is 251 g/mol. The van der Waals surface area contributed by atoms with E-state index in [9.17, 15) is 4.57 Å². The highest BCUT2D eigenvalue weighted by atomic mass is 35.7. The molecule has 1 rings (SSSR count). The van der Waals surface area contributed by atoms with Gasteiger partial charge in [0.25, 0.3) is 0 Å². The van der Waals surface area contributed by atoms with E-state index in [0.717, 1.165) is 0 Å². The Morgan fingerprint density at radius 2 is 2.07 bits per heavy atom. The lowest BCUT2D eigenvalue weighted by Crippen LogP contribution is -1.92. The summed E-state index contributed by atoms with van der Waals surface area (Å²) < 4.78 is 26.2. The van der Waals surface area contributed by atoms with E-state index in [1.165, 1.54) is 7.11 Å². The topological polar surface area (TPSA) is 44.8 Å². The minimum Gasteiger partial charge on any atom is -0.497 e. The van der Waals surface area contributed by atoms with E-state index in [-0.39, 0.29) is 6.61 Å². The Bertz CT molecular complexity index is 369. The fourth-order valence-electron chi connectivity index (χ4n) is 0.964. The lowest BCUT2D eigenvalue weighted by molar-refractivity contribution is 0.294. The molecular weight excluding hydrogens is 239 g/mol. The van der Waals surface area contributed by atoms with Gasteiger partial charge in [-0.15, -0.1) is 0 Å². The second-order valence-corrected chi connectivity index (χ2v) is 5.16. The van der Waals surface area contributed by atoms with Crippen molar-refractivity contribution >= 4 is 18.2 Å². The smallest absolute Gasteiger partial charge is 0.476 e. The summed E-state index contributed by atoms with van der Waals surface area (Å²) in [6, 6.07) is 6.65. The van der Waals surface area contributed by atoms with Gasteiger partial charge in [-0.1, -0.05) is 6.07 Å². The van der Waals surface area contributed by atoms with E-state index in [0.29, 0.717) is 11.5 Å². The monoisotopic (exact) mass is 250 g/mol. The second-order valence-electron chi connectivity index (χ2n) is 2.62. The first-order chi connectivity index (χ1) is 7.07. The quantitative estimate of drug-likeness (QED) is 0.751. The molecular formula is C9H12ClO4P. The lowest BCUT2D eigenvalue weighted by atomic mass is 10.3. The molecule has 0 aliphatic heterocycles. The fraction of sp³-hybridized carbons (Fsp3) is 0.333. The molecule has 0 spiro atoms. The highest BCUT2D eigenvalue weighted by Crippen LogP contribution is 2.53. The summed E-state index contributed by atoms with van der Waals surface area (Å²) in [6.45, 7) is -1.62. The van der Waals surface area contributed by atoms with Crippen LogP contribution in [-0.2, 0) is 9.09 Å². The van der Waals surface area contributed by atoms with Gasteiger partial charge in [-0.05, 0) is 19.1 Å². The molecule has 4 nitrogen and oxygen atoms in total. The van der Waals surface area contributed by atoms with Crippen LogP contribution in [0.15, 0.2) is 24.3 Å². The Balaban J connectivity index is 2.75. The van der Waals surface area contributed by atoms with Crippen LogP contribution in [0.5, 0.6) is 11.5 Å². The van der Waals surface area contributed by atoms with Gasteiger partial charge in [-0.2, -0.15) is 0 Å². The van der Waals surface area contributed by atoms with E-state index < -0.39 is 6.95 Å². The third-order valence-corrected chi connectivity index (χ3v) is 3.03. The molecule has 1 aromatic carbocycles. The zero-order valence-electron chi connectivity index (χ0n) is 8.47. The molecule has 0 aliphatic carbocycles. The molecule has 0 N–H and O–H groups in total. The van der Waals surface area contributed by atoms with E-state index in [1.54, 1.807) is 31.2 Å². The van der Waals surface area contributed by atoms with Crippen LogP contribution in [0.1, 0.15) is 6.92 Å². The van der Waals surface area contributed by atoms with E-state index in [1.807, 2.05) is 0 Å². The number of hydrogen-bond donors (Lipinski definition) is 0. The summed E-state index contributed by atoms with van der Waals surface area (Å²) in [7, 11) is 1.53. The van der Waals surface area contributed by atoms with Gasteiger partial charge in [0.1, 0.15) is 11.5 Å². The summed E-state index contributed by atoms with van der Waals surface area (Å²) in [5.74, 6) is 0.946. The number of methoxy groups -OCH3 is 1. The molecule has 1 atom stereocenters. The van der Waals surface area contributed by atoms with Crippen molar-refractivity contribution in [3.63, 3.8) is 0 Å². The molecule has 0 amide bonds. The molecule has 84 valence electrons. The van der Waals surface area contributed by atoms with Crippen LogP contribution in [0.2, 0.25) is 0 Å². The van der Waals surface area contributed by atoms with Crippen molar-refractivity contribution in [2.45, 2.75) is 6.92 Å². The van der Waals surface area contributed by atoms with Crippen LogP contribution >= 0.6 is 18.2 Å². The van der Waals surface area contributed by atoms with Crippen LogP contribution in [0, 0.1) is 0 Å². The molecule has 0 bridgehead atoms. The van der Waals surface area contributed by atoms with Gasteiger partial charge in [-0.3, -0.25) is 4.52 Å². The molecule has 15 heavy (non-hydrogen) atoms. The highest BCUT2D eigenvalue weighted by molar-refractivity contribution is 7.81. The third kappa shape index (κ3) is 4.12. The fourth-order valence-corrected chi connectivity index (χ4v) is 2.22. The van der Waals surface area contributed by atoms with Crippen LogP contribution in [0.25, 0.3) is 0 Å². The third-order valence-electron chi connectivity index (χ3n) is 1.54. The molecule has 0 aliphatic rings. The number of rotatable bonds is 5. The molecule has 6 heteroatoms. The lowest BCUT2D eigenvalue weighted by Gasteiger charge is -2.11. The van der Waals surface area contributed by atoms with Gasteiger partial charge < -0.3 is 9.26 Å². The van der Waals surface area contributed by atoms with Gasteiger partial charge in [0, 0.05) is 17.3 Å². The number of halogens is 1. The van der Waals surface area contributed by atoms with E-state index in [4.69, 9.17) is 25.0 Å². The second kappa shape index (κ2) is 5.40. The first kappa shape index (κ1) is 12.4. The van der Waals surface area contributed by atoms with Gasteiger partial charge in [0.2, 0.25) is 0 Å². The van der Waals surface area contributed by atoms with Crippen molar-refractivity contribution in [3.8, 4) is 11.5 Å². The van der Waals surface area contributed by atoms with Crippen molar-refractivity contribution in [1.82, 2.24) is 0 Å². The maximum Gasteiger partial charge on any atom is 0.476 e. The predicted molar refractivity (Wildman–Crippen MR) is 58.7 cm³/mol. The van der Waals surface area contributed by atoms with Crippen LogP contribution in [0.3, 0.4) is 0 Å². The van der Waals surface area contributed by atoms with Crippen LogP contribution in [0.4, 0.5) is 0 Å². The summed E-state index contributed by atoms with van der Waals surface area (Å²) in [5.41, 5.74) is 0. The zero-order valence-corrected chi connectivity index (χ0v) is 10.1. The van der Waals surface area contributed by atoms with Crippen molar-refractivity contribution in [1.29, 1.82) is 0 Å². The molecule has 0 radical (unpaired) electrons. The molecule has 0 aromatic heterocycles. The van der Waals surface area contributed by atoms with Crippen LogP contribution < -0.4 is 9.26 Å². The van der Waals surface area contributed by atoms with E-state index >= 15 is 0 Å². The van der Waals surface area contributed by atoms with Crippen molar-refractivity contribution in [2.75, 3.05) is 13.7 Å². The van der Waals surface area contributed by atoms with Crippen molar-refractivity contribution in [2.24, 2.45) is 0 Å². The Morgan fingerprint density at radius 1 is 1.40 bits per heavy atom. The zero-order chi connectivity index (χ0) is 11.3. The maximum absolute atomic E-state index is 11.5. The van der Waals surface area contributed by atoms with Crippen molar-refractivity contribution < 1.29 is 18.3 Å². The summed E-state index contributed by atoms with van der Waals surface area (Å²) in [4.78, 5) is 0. The average Bonchev–Trinajstić information content (AvgIpc) is 2.17. The van der Waals surface area contributed by atoms with Gasteiger partial charge in [0.15, 0.2) is 0 Å². The molecule has 0 saturated heterocycles. The minimum absolute atomic E-state index is 0.227. The van der Waals surface area contributed by atoms with Gasteiger partial charge in [-0.25, -0.2) is 4.57 Å². The molecule has 0 fully saturated rings. The Hall–Kier alpha value is -0.700. The SMILES string of the molecule is CCOP(=O)(Cl)Oc1cccc(OC)c1. The minimum atomic E-state index is -3.53. The van der Waals surface area contributed by atoms with Crippen molar-refractivity contribution in [3.05, 3.63) is 24.3 Å². The van der Waals surface area contributed by atoms with E-state index in [2.05, 4.69) is 0 Å². The first-order valence-corrected chi connectivity index (χ1v) is 6.80. The number of ether oxygens (including phenoxy) is 1. The Kier molecular flexibility index (Phi) is 4.45. The molecule has 0 heterocycles. The normalized spacial score (nSPS) is 14.3. The standard InChI is InChI=1S/C9H12ClO4P/c1-3-13-15(10,11)14-9-6-4-5-8(7-9)12-2/h4-7H,3H2,1-2H3. The Morgan fingerprint density at radius 3 is 2.67 bits per heavy atom. The molecule has 1 unspecified atom stereocenters. The molecule has 1 aromatic rings. The van der Waals surface area contributed by atoms with Gasteiger partial charge in [0.05, 0.1) is 13.7 Å². The maximum atomic E-state index is 11.5. The van der Waals surface area contributed by atoms with Crippen LogP contribution in [-0.4, -0.2) is 13.7 Å². The number of benzene rings is 1. The highest BCUT2D eigenvalue weighted by Gasteiger charge is 2.21. The predicted octanol–water partition coefficient (Wildman–Crippen LogP) is 3.46. The summed E-state index contributed by atoms with van der Waals surface area (Å²) in [5, 5.41) is 0. The summed E-state index contributed by atoms with van der Waals surface area (Å²) in [6.07, 6.45) is 0. The van der Waals surface area contributed by atoms with Gasteiger partial charge >= 0.3 is 6.95 Å². The first-order valence-electron chi connectivity index (χ1n) is 4.35. The molecule has 0 saturated carbocycles. The Labute approximate surface area is 93.4 Å².